The van der Waals surface area contributed by atoms with Crippen molar-refractivity contribution in [1.82, 2.24) is 9.47 Å². The summed E-state index contributed by atoms with van der Waals surface area (Å²) in [6.45, 7) is 4.92. The first-order valence-corrected chi connectivity index (χ1v) is 15.4. The predicted octanol–water partition coefficient (Wildman–Crippen LogP) is 6.56. The van der Waals surface area contributed by atoms with Gasteiger partial charge in [-0.2, -0.15) is 5.26 Å². The summed E-state index contributed by atoms with van der Waals surface area (Å²) < 4.78 is 12.8. The fourth-order valence-electron chi connectivity index (χ4n) is 4.80. The first-order chi connectivity index (χ1) is 20.7. The highest BCUT2D eigenvalue weighted by molar-refractivity contribution is 8.26. The van der Waals surface area contributed by atoms with Gasteiger partial charge in [0.1, 0.15) is 21.8 Å². The van der Waals surface area contributed by atoms with E-state index < -0.39 is 0 Å². The van der Waals surface area contributed by atoms with E-state index in [4.69, 9.17) is 33.3 Å². The monoisotopic (exact) mass is 636 g/mol. The number of carbonyl (C=O) groups excluding carboxylic acids is 1. The second-order valence-corrected chi connectivity index (χ2v) is 12.0. The van der Waals surface area contributed by atoms with E-state index in [9.17, 15) is 14.9 Å². The van der Waals surface area contributed by atoms with E-state index in [-0.39, 0.29) is 17.0 Å². The Hall–Kier alpha value is -3.78. The number of anilines is 1. The molecule has 1 saturated heterocycles. The number of unbranched alkanes of at least 4 members (excludes halogenated alkanes) is 1. The van der Waals surface area contributed by atoms with E-state index in [1.807, 2.05) is 43.3 Å². The molecular weight excluding hydrogens is 604 g/mol. The largest absolute Gasteiger partial charge is 0.493 e. The van der Waals surface area contributed by atoms with Gasteiger partial charge in [0.2, 0.25) is 0 Å². The highest BCUT2D eigenvalue weighted by atomic mass is 35.5. The molecule has 8 nitrogen and oxygen atoms in total. The van der Waals surface area contributed by atoms with Crippen LogP contribution in [0.5, 0.6) is 11.5 Å². The maximum Gasteiger partial charge on any atom is 0.270 e. The van der Waals surface area contributed by atoms with Gasteiger partial charge in [-0.05, 0) is 60.7 Å². The Morgan fingerprint density at radius 3 is 2.53 bits per heavy atom. The fraction of sp³-hybridized carbons (Fsp3) is 0.312. The lowest BCUT2D eigenvalue weighted by Gasteiger charge is -2.20. The Kier molecular flexibility index (Phi) is 10.9. The average Bonchev–Trinajstić information content (AvgIpc) is 3.28. The van der Waals surface area contributed by atoms with Crippen LogP contribution in [-0.2, 0) is 24.3 Å². The summed E-state index contributed by atoms with van der Waals surface area (Å²) in [5.74, 6) is 1.55. The van der Waals surface area contributed by atoms with Gasteiger partial charge in [-0.3, -0.25) is 19.1 Å². The van der Waals surface area contributed by atoms with Gasteiger partial charge in [-0.25, -0.2) is 0 Å². The zero-order valence-electron chi connectivity index (χ0n) is 24.5. The number of methoxy groups -OCH3 is 2. The molecule has 0 bridgehead atoms. The number of thiocarbonyl (C=S) groups is 1. The van der Waals surface area contributed by atoms with Crippen LogP contribution in [0.25, 0.3) is 6.08 Å². The van der Waals surface area contributed by atoms with Crippen molar-refractivity contribution in [2.24, 2.45) is 0 Å². The second-order valence-electron chi connectivity index (χ2n) is 9.90. The molecule has 1 aliphatic rings. The highest BCUT2D eigenvalue weighted by Crippen LogP contribution is 2.36. The van der Waals surface area contributed by atoms with Crippen LogP contribution in [0.1, 0.15) is 47.6 Å². The van der Waals surface area contributed by atoms with Crippen LogP contribution >= 0.6 is 35.6 Å². The summed E-state index contributed by atoms with van der Waals surface area (Å²) in [6.07, 6.45) is 3.90. The molecule has 0 unspecified atom stereocenters. The molecule has 0 aliphatic carbocycles. The first kappa shape index (κ1) is 32.1. The summed E-state index contributed by atoms with van der Waals surface area (Å²) in [5, 5.41) is 13.9. The maximum atomic E-state index is 13.6. The molecule has 0 radical (unpaired) electrons. The molecule has 1 aliphatic heterocycles. The molecule has 2 heterocycles. The van der Waals surface area contributed by atoms with Crippen molar-refractivity contribution >= 4 is 57.7 Å². The van der Waals surface area contributed by atoms with Crippen molar-refractivity contribution in [2.75, 3.05) is 26.1 Å². The van der Waals surface area contributed by atoms with Crippen molar-refractivity contribution in [1.29, 1.82) is 5.26 Å². The average molecular weight is 637 g/mol. The number of aromatic nitrogens is 1. The van der Waals surface area contributed by atoms with Crippen LogP contribution in [-0.4, -0.2) is 40.5 Å². The highest BCUT2D eigenvalue weighted by Gasteiger charge is 2.32. The summed E-state index contributed by atoms with van der Waals surface area (Å²) >= 11 is 13.2. The molecule has 1 aromatic heterocycles. The molecule has 224 valence electrons. The molecule has 0 atom stereocenters. The van der Waals surface area contributed by atoms with Crippen LogP contribution < -0.4 is 20.3 Å². The smallest absolute Gasteiger partial charge is 0.270 e. The number of benzene rings is 2. The van der Waals surface area contributed by atoms with Crippen LogP contribution in [0.2, 0.25) is 5.02 Å². The normalized spacial score (nSPS) is 13.9. The van der Waals surface area contributed by atoms with Gasteiger partial charge in [0.25, 0.3) is 11.5 Å². The van der Waals surface area contributed by atoms with Gasteiger partial charge >= 0.3 is 0 Å². The van der Waals surface area contributed by atoms with Crippen molar-refractivity contribution in [3.8, 4) is 17.6 Å². The molecule has 4 rings (SSSR count). The third-order valence-electron chi connectivity index (χ3n) is 7.24. The minimum Gasteiger partial charge on any atom is -0.493 e. The van der Waals surface area contributed by atoms with E-state index in [0.717, 1.165) is 24.0 Å². The summed E-state index contributed by atoms with van der Waals surface area (Å²) in [6, 6.07) is 15.2. The van der Waals surface area contributed by atoms with Crippen LogP contribution in [0.15, 0.2) is 52.2 Å². The Morgan fingerprint density at radius 1 is 1.12 bits per heavy atom. The SMILES string of the molecule is CCCCn1c(NCc2ccccc2Cl)c(/C=C2/SC(=S)N(CCc3ccc(OC)c(OC)c3)C2=O)c(C)c(C#N)c1=O. The predicted molar refractivity (Wildman–Crippen MR) is 177 cm³/mol. The number of halogens is 1. The van der Waals surface area contributed by atoms with E-state index in [1.54, 1.807) is 42.8 Å². The first-order valence-electron chi connectivity index (χ1n) is 13.8. The third-order valence-corrected chi connectivity index (χ3v) is 8.98. The lowest BCUT2D eigenvalue weighted by atomic mass is 10.0. The standard InChI is InChI=1S/C32H33ClN4O4S2/c1-5-6-14-36-29(35-19-22-9-7-8-10-25(22)33)23(20(2)24(18-34)30(36)38)17-28-31(39)37(32(42)43-28)15-13-21-11-12-26(40-3)27(16-21)41-4/h7-12,16-17,35H,5-6,13-15,19H2,1-4H3/b28-17+. The molecule has 11 heteroatoms. The number of nitrogens with one attached hydrogen (secondary N) is 1. The second kappa shape index (κ2) is 14.6. The van der Waals surface area contributed by atoms with Gasteiger partial charge in [-0.15, -0.1) is 0 Å². The van der Waals surface area contributed by atoms with Crippen molar-refractivity contribution in [2.45, 2.75) is 46.2 Å². The molecule has 1 fully saturated rings. The summed E-state index contributed by atoms with van der Waals surface area (Å²) in [7, 11) is 3.16. The lowest BCUT2D eigenvalue weighted by molar-refractivity contribution is -0.122. The number of ether oxygens (including phenoxy) is 2. The number of thioether (sulfide) groups is 1. The van der Waals surface area contributed by atoms with E-state index in [1.165, 1.54) is 11.8 Å². The Bertz CT molecular complexity index is 1680. The van der Waals surface area contributed by atoms with Gasteiger partial charge in [0.05, 0.1) is 19.1 Å². The van der Waals surface area contributed by atoms with E-state index >= 15 is 0 Å². The maximum absolute atomic E-state index is 13.6. The Balaban J connectivity index is 1.70. The lowest BCUT2D eigenvalue weighted by Crippen LogP contribution is -2.30. The Labute approximate surface area is 266 Å². The number of nitrogens with zero attached hydrogens (tertiary/aromatic N) is 3. The van der Waals surface area contributed by atoms with E-state index in [2.05, 4.69) is 11.4 Å². The van der Waals surface area contributed by atoms with Gasteiger partial charge < -0.3 is 14.8 Å². The molecule has 1 N–H and O–H groups in total. The molecule has 43 heavy (non-hydrogen) atoms. The molecular formula is C32H33ClN4O4S2. The number of amides is 1. The molecule has 0 spiro atoms. The van der Waals surface area contributed by atoms with Crippen LogP contribution in [0, 0.1) is 18.3 Å². The number of pyridine rings is 1. The fourth-order valence-corrected chi connectivity index (χ4v) is 6.30. The van der Waals surface area contributed by atoms with Gasteiger partial charge in [0, 0.05) is 30.2 Å². The molecule has 3 aromatic rings. The number of carbonyl (C=O) groups is 1. The van der Waals surface area contributed by atoms with Crippen LogP contribution in [0.4, 0.5) is 5.82 Å². The summed E-state index contributed by atoms with van der Waals surface area (Å²) in [5.41, 5.74) is 2.61. The molecule has 2 aromatic carbocycles. The Morgan fingerprint density at radius 2 is 1.86 bits per heavy atom. The minimum absolute atomic E-state index is 0.0505. The van der Waals surface area contributed by atoms with Crippen molar-refractivity contribution in [3.63, 3.8) is 0 Å². The van der Waals surface area contributed by atoms with Gasteiger partial charge in [0.15, 0.2) is 11.5 Å². The van der Waals surface area contributed by atoms with Crippen molar-refractivity contribution < 1.29 is 14.3 Å². The topological polar surface area (TPSA) is 96.6 Å². The quantitative estimate of drug-likeness (QED) is 0.177. The third kappa shape index (κ3) is 7.07. The molecule has 1 amide bonds. The van der Waals surface area contributed by atoms with E-state index in [0.29, 0.717) is 68.7 Å². The molecule has 0 saturated carbocycles. The van der Waals surface area contributed by atoms with Gasteiger partial charge in [-0.1, -0.05) is 73.2 Å². The number of hydrogen-bond acceptors (Lipinski definition) is 8. The van der Waals surface area contributed by atoms with Crippen LogP contribution in [0.3, 0.4) is 0 Å². The number of hydrogen-bond donors (Lipinski definition) is 1. The zero-order valence-corrected chi connectivity index (χ0v) is 26.9. The summed E-state index contributed by atoms with van der Waals surface area (Å²) in [4.78, 5) is 29.0. The van der Waals surface area contributed by atoms with Crippen molar-refractivity contribution in [3.05, 3.63) is 90.6 Å². The minimum atomic E-state index is -0.366. The number of nitriles is 1. The number of rotatable bonds is 12. The zero-order chi connectivity index (χ0) is 31.1.